The van der Waals surface area contributed by atoms with Gasteiger partial charge >= 0.3 is 0 Å². The first-order valence-corrected chi connectivity index (χ1v) is 9.12. The van der Waals surface area contributed by atoms with E-state index < -0.39 is 0 Å². The maximum atomic E-state index is 12.8. The van der Waals surface area contributed by atoms with E-state index in [1.807, 2.05) is 6.92 Å². The van der Waals surface area contributed by atoms with Crippen molar-refractivity contribution >= 4 is 23.2 Å². The number of ether oxygens (including phenoxy) is 1. The van der Waals surface area contributed by atoms with Crippen LogP contribution in [0.1, 0.15) is 38.8 Å². The quantitative estimate of drug-likeness (QED) is 0.717. The van der Waals surface area contributed by atoms with E-state index in [2.05, 4.69) is 5.32 Å². The van der Waals surface area contributed by atoms with E-state index in [-0.39, 0.29) is 23.5 Å². The van der Waals surface area contributed by atoms with Crippen molar-refractivity contribution in [2.45, 2.75) is 13.0 Å². The van der Waals surface area contributed by atoms with Gasteiger partial charge < -0.3 is 15.0 Å². The molecule has 0 bridgehead atoms. The van der Waals surface area contributed by atoms with Crippen molar-refractivity contribution in [3.05, 3.63) is 64.7 Å². The summed E-state index contributed by atoms with van der Waals surface area (Å²) in [6.07, 6.45) is 0. The zero-order chi connectivity index (χ0) is 19.0. The topological polar surface area (TPSA) is 76.9 Å². The number of ketones is 2. The molecular formula is C21H21N2O4+. The summed E-state index contributed by atoms with van der Waals surface area (Å²) < 4.78 is 5.34. The predicted molar refractivity (Wildman–Crippen MR) is 99.4 cm³/mol. The van der Waals surface area contributed by atoms with Gasteiger partial charge in [0.25, 0.3) is 5.91 Å². The highest BCUT2D eigenvalue weighted by Crippen LogP contribution is 2.29. The summed E-state index contributed by atoms with van der Waals surface area (Å²) in [5.74, 6) is -0.464. The Balaban J connectivity index is 1.57. The average molecular weight is 365 g/mol. The zero-order valence-corrected chi connectivity index (χ0v) is 15.1. The van der Waals surface area contributed by atoms with Crippen molar-refractivity contribution in [3.63, 3.8) is 0 Å². The summed E-state index contributed by atoms with van der Waals surface area (Å²) in [5, 5.41) is 2.88. The third-order valence-electron chi connectivity index (χ3n) is 5.33. The molecule has 6 heteroatoms. The molecule has 0 radical (unpaired) electrons. The first-order valence-electron chi connectivity index (χ1n) is 9.12. The van der Waals surface area contributed by atoms with Crippen LogP contribution >= 0.6 is 0 Å². The van der Waals surface area contributed by atoms with Gasteiger partial charge in [-0.3, -0.25) is 14.4 Å². The minimum Gasteiger partial charge on any atom is -0.370 e. The second-order valence-electron chi connectivity index (χ2n) is 6.95. The van der Waals surface area contributed by atoms with Gasteiger partial charge in [-0.25, -0.2) is 0 Å². The van der Waals surface area contributed by atoms with Crippen molar-refractivity contribution in [1.29, 1.82) is 0 Å². The summed E-state index contributed by atoms with van der Waals surface area (Å²) in [6.45, 7) is 4.79. The Morgan fingerprint density at radius 3 is 2.22 bits per heavy atom. The van der Waals surface area contributed by atoms with Gasteiger partial charge in [-0.2, -0.15) is 0 Å². The maximum Gasteiger partial charge on any atom is 0.282 e. The van der Waals surface area contributed by atoms with Gasteiger partial charge in [-0.1, -0.05) is 24.3 Å². The number of nitrogens with one attached hydrogen (secondary N) is 2. The first-order chi connectivity index (χ1) is 13.1. The van der Waals surface area contributed by atoms with Crippen LogP contribution in [0.3, 0.4) is 0 Å². The van der Waals surface area contributed by atoms with Crippen LogP contribution in [0.25, 0.3) is 0 Å². The second kappa shape index (κ2) is 7.06. The number of carbonyl (C=O) groups excluding carboxylic acids is 3. The molecule has 138 valence electrons. The molecule has 1 heterocycles. The Morgan fingerprint density at radius 2 is 1.56 bits per heavy atom. The molecule has 0 spiro atoms. The standard InChI is InChI=1S/C21H20N2O4/c1-13(23-8-10-27-11-9-23)21(26)22-14-6-7-17-18(12-14)20(25)16-5-3-2-4-15(16)19(17)24/h2-7,12-13H,8-11H2,1H3,(H,22,26)/p+1/t13-/m1/s1. The van der Waals surface area contributed by atoms with Crippen LogP contribution in [-0.4, -0.2) is 49.8 Å². The van der Waals surface area contributed by atoms with Gasteiger partial charge in [0.1, 0.15) is 13.1 Å². The van der Waals surface area contributed by atoms with E-state index in [1.165, 1.54) is 4.90 Å². The summed E-state index contributed by atoms with van der Waals surface area (Å²) in [6, 6.07) is 11.5. The molecular weight excluding hydrogens is 344 g/mol. The van der Waals surface area contributed by atoms with E-state index in [4.69, 9.17) is 4.74 Å². The molecule has 2 aliphatic rings. The number of fused-ring (bicyclic) bond motifs is 2. The van der Waals surface area contributed by atoms with E-state index in [1.54, 1.807) is 42.5 Å². The molecule has 2 N–H and O–H groups in total. The molecule has 6 nitrogen and oxygen atoms in total. The van der Waals surface area contributed by atoms with Gasteiger partial charge in [-0.15, -0.1) is 0 Å². The molecule has 27 heavy (non-hydrogen) atoms. The molecule has 1 aliphatic heterocycles. The Hall–Kier alpha value is -2.83. The number of morpholine rings is 1. The Bertz CT molecular complexity index is 932. The minimum atomic E-state index is -0.219. The first kappa shape index (κ1) is 17.6. The third-order valence-corrected chi connectivity index (χ3v) is 5.33. The van der Waals surface area contributed by atoms with Crippen molar-refractivity contribution in [3.8, 4) is 0 Å². The van der Waals surface area contributed by atoms with E-state index >= 15 is 0 Å². The van der Waals surface area contributed by atoms with E-state index in [9.17, 15) is 14.4 Å². The average Bonchev–Trinajstić information content (AvgIpc) is 2.72. The number of carbonyl (C=O) groups is 3. The fourth-order valence-corrected chi connectivity index (χ4v) is 3.68. The van der Waals surface area contributed by atoms with Crippen LogP contribution in [0.2, 0.25) is 0 Å². The summed E-state index contributed by atoms with van der Waals surface area (Å²) >= 11 is 0. The molecule has 1 aliphatic carbocycles. The number of quaternary nitrogens is 1. The van der Waals surface area contributed by atoms with Gasteiger partial charge in [0.05, 0.1) is 13.2 Å². The predicted octanol–water partition coefficient (Wildman–Crippen LogP) is 0.704. The number of hydrogen-bond acceptors (Lipinski definition) is 4. The van der Waals surface area contributed by atoms with Crippen molar-refractivity contribution in [2.24, 2.45) is 0 Å². The van der Waals surface area contributed by atoms with E-state index in [0.29, 0.717) is 41.2 Å². The smallest absolute Gasteiger partial charge is 0.282 e. The van der Waals surface area contributed by atoms with Crippen LogP contribution in [-0.2, 0) is 9.53 Å². The summed E-state index contributed by atoms with van der Waals surface area (Å²) in [4.78, 5) is 39.2. The molecule has 0 saturated carbocycles. The highest BCUT2D eigenvalue weighted by molar-refractivity contribution is 6.28. The highest BCUT2D eigenvalue weighted by Gasteiger charge is 2.30. The molecule has 1 saturated heterocycles. The van der Waals surface area contributed by atoms with Gasteiger partial charge in [0, 0.05) is 27.9 Å². The maximum absolute atomic E-state index is 12.8. The largest absolute Gasteiger partial charge is 0.370 e. The van der Waals surface area contributed by atoms with Crippen molar-refractivity contribution < 1.29 is 24.0 Å². The molecule has 0 unspecified atom stereocenters. The van der Waals surface area contributed by atoms with Crippen molar-refractivity contribution in [2.75, 3.05) is 31.6 Å². The third kappa shape index (κ3) is 3.18. The van der Waals surface area contributed by atoms with Crippen LogP contribution in [0.15, 0.2) is 42.5 Å². The van der Waals surface area contributed by atoms with Gasteiger partial charge in [0.15, 0.2) is 17.6 Å². The summed E-state index contributed by atoms with van der Waals surface area (Å²) in [5.41, 5.74) is 2.08. The lowest BCUT2D eigenvalue weighted by Crippen LogP contribution is -3.18. The van der Waals surface area contributed by atoms with Crippen LogP contribution in [0, 0.1) is 0 Å². The summed E-state index contributed by atoms with van der Waals surface area (Å²) in [7, 11) is 0. The lowest BCUT2D eigenvalue weighted by atomic mass is 9.84. The zero-order valence-electron chi connectivity index (χ0n) is 15.1. The van der Waals surface area contributed by atoms with Gasteiger partial charge in [0.2, 0.25) is 0 Å². The molecule has 4 rings (SSSR count). The van der Waals surface area contributed by atoms with Crippen LogP contribution in [0.5, 0.6) is 0 Å². The number of anilines is 1. The Labute approximate surface area is 157 Å². The van der Waals surface area contributed by atoms with Crippen LogP contribution < -0.4 is 10.2 Å². The molecule has 1 amide bonds. The minimum absolute atomic E-state index is 0.109. The molecule has 1 fully saturated rings. The Kier molecular flexibility index (Phi) is 4.59. The Morgan fingerprint density at radius 1 is 0.963 bits per heavy atom. The van der Waals surface area contributed by atoms with Gasteiger partial charge in [-0.05, 0) is 25.1 Å². The normalized spacial score (nSPS) is 17.8. The molecule has 2 aromatic carbocycles. The highest BCUT2D eigenvalue weighted by atomic mass is 16.5. The fourth-order valence-electron chi connectivity index (χ4n) is 3.68. The lowest BCUT2D eigenvalue weighted by Gasteiger charge is -2.28. The number of hydrogen-bond donors (Lipinski definition) is 2. The van der Waals surface area contributed by atoms with Crippen molar-refractivity contribution in [1.82, 2.24) is 0 Å². The molecule has 0 aromatic heterocycles. The second-order valence-corrected chi connectivity index (χ2v) is 6.95. The van der Waals surface area contributed by atoms with Crippen LogP contribution in [0.4, 0.5) is 5.69 Å². The van der Waals surface area contributed by atoms with E-state index in [0.717, 1.165) is 13.1 Å². The SMILES string of the molecule is C[C@H](C(=O)Nc1ccc2c(c1)C(=O)c1ccccc1C2=O)[NH+]1CCOCC1. The number of benzene rings is 2. The molecule has 1 atom stereocenters. The number of rotatable bonds is 3. The molecule has 2 aromatic rings. The lowest BCUT2D eigenvalue weighted by molar-refractivity contribution is -0.921. The number of amides is 1. The monoisotopic (exact) mass is 365 g/mol. The fraction of sp³-hybridized carbons (Fsp3) is 0.286.